The van der Waals surface area contributed by atoms with Gasteiger partial charge < -0.3 is 0 Å². The number of aryl methyl sites for hydroxylation is 1. The second-order valence-electron chi connectivity index (χ2n) is 6.53. The van der Waals surface area contributed by atoms with E-state index in [0.717, 1.165) is 40.7 Å². The third kappa shape index (κ3) is 3.82. The topological polar surface area (TPSA) is 43.4 Å². The summed E-state index contributed by atoms with van der Waals surface area (Å²) in [5.41, 5.74) is 5.31. The molecule has 3 nitrogen and oxygen atoms in total. The molecule has 27 heavy (non-hydrogen) atoms. The highest BCUT2D eigenvalue weighted by Gasteiger charge is 2.27. The van der Waals surface area contributed by atoms with Crippen molar-refractivity contribution in [1.82, 2.24) is 0 Å². The highest BCUT2D eigenvalue weighted by Crippen LogP contribution is 2.41. The number of rotatable bonds is 6. The average molecular weight is 381 g/mol. The first-order chi connectivity index (χ1) is 13.0. The summed E-state index contributed by atoms with van der Waals surface area (Å²) < 4.78 is 31.1. The van der Waals surface area contributed by atoms with Crippen LogP contribution in [0.4, 0.5) is 0 Å². The van der Waals surface area contributed by atoms with Gasteiger partial charge in [-0.15, -0.1) is 0 Å². The zero-order valence-electron chi connectivity index (χ0n) is 15.9. The normalized spacial score (nSPS) is 11.5. The van der Waals surface area contributed by atoms with Crippen molar-refractivity contribution in [2.75, 3.05) is 7.11 Å². The Balaban J connectivity index is 2.49. The van der Waals surface area contributed by atoms with Crippen molar-refractivity contribution in [1.29, 1.82) is 0 Å². The molecule has 3 aromatic carbocycles. The number of hydrogen-bond donors (Lipinski definition) is 0. The van der Waals surface area contributed by atoms with Gasteiger partial charge in [0.15, 0.2) is 0 Å². The Hall–Kier alpha value is -2.43. The summed E-state index contributed by atoms with van der Waals surface area (Å²) in [6.45, 7) is 4.15. The summed E-state index contributed by atoms with van der Waals surface area (Å²) in [5, 5.41) is 0. The van der Waals surface area contributed by atoms with E-state index in [0.29, 0.717) is 5.56 Å². The minimum absolute atomic E-state index is 0.247. The minimum Gasteiger partial charge on any atom is -0.270 e. The van der Waals surface area contributed by atoms with Crippen LogP contribution in [0.1, 0.15) is 24.5 Å². The molecule has 0 radical (unpaired) electrons. The second-order valence-corrected chi connectivity index (χ2v) is 8.18. The molecule has 0 amide bonds. The molecule has 0 aliphatic heterocycles. The molecule has 3 aromatic rings. The van der Waals surface area contributed by atoms with Gasteiger partial charge >= 0.3 is 0 Å². The van der Waals surface area contributed by atoms with Crippen molar-refractivity contribution in [3.8, 4) is 22.3 Å². The third-order valence-corrected chi connectivity index (χ3v) is 6.09. The van der Waals surface area contributed by atoms with Gasteiger partial charge in [-0.25, -0.2) is 0 Å². The first-order valence-corrected chi connectivity index (χ1v) is 10.5. The van der Waals surface area contributed by atoms with Crippen LogP contribution in [0.3, 0.4) is 0 Å². The summed E-state index contributed by atoms with van der Waals surface area (Å²) in [6.07, 6.45) is 1.73. The van der Waals surface area contributed by atoms with Crippen molar-refractivity contribution >= 4 is 10.1 Å². The van der Waals surface area contributed by atoms with Crippen LogP contribution in [0.25, 0.3) is 22.3 Å². The monoisotopic (exact) mass is 380 g/mol. The van der Waals surface area contributed by atoms with Crippen molar-refractivity contribution in [2.24, 2.45) is 0 Å². The molecule has 0 unspecified atom stereocenters. The molecule has 0 atom stereocenters. The number of benzene rings is 3. The molecule has 0 N–H and O–H groups in total. The molecule has 0 aliphatic rings. The zero-order chi connectivity index (χ0) is 19.4. The zero-order valence-corrected chi connectivity index (χ0v) is 16.7. The Morgan fingerprint density at radius 2 is 1.44 bits per heavy atom. The lowest BCUT2D eigenvalue weighted by molar-refractivity contribution is 0.398. The van der Waals surface area contributed by atoms with Gasteiger partial charge in [0.2, 0.25) is 0 Å². The van der Waals surface area contributed by atoms with E-state index in [2.05, 4.69) is 6.92 Å². The molecule has 0 saturated carbocycles. The predicted octanol–water partition coefficient (Wildman–Crippen LogP) is 5.62. The van der Waals surface area contributed by atoms with Crippen LogP contribution in [0.5, 0.6) is 0 Å². The van der Waals surface area contributed by atoms with E-state index in [-0.39, 0.29) is 4.90 Å². The van der Waals surface area contributed by atoms with Crippen LogP contribution in [0.2, 0.25) is 0 Å². The van der Waals surface area contributed by atoms with Crippen LogP contribution in [0, 0.1) is 6.92 Å². The van der Waals surface area contributed by atoms with Gasteiger partial charge in [-0.3, -0.25) is 4.18 Å². The fourth-order valence-corrected chi connectivity index (χ4v) is 4.60. The minimum atomic E-state index is -3.91. The Morgan fingerprint density at radius 1 is 0.889 bits per heavy atom. The van der Waals surface area contributed by atoms with E-state index in [1.165, 1.54) is 7.11 Å². The Morgan fingerprint density at radius 3 is 1.96 bits per heavy atom. The Kier molecular flexibility index (Phi) is 5.78. The molecule has 0 aliphatic carbocycles. The van der Waals surface area contributed by atoms with Gasteiger partial charge in [-0.2, -0.15) is 8.42 Å². The summed E-state index contributed by atoms with van der Waals surface area (Å²) in [5.74, 6) is 0. The fourth-order valence-electron chi connectivity index (χ4n) is 3.50. The molecule has 140 valence electrons. The van der Waals surface area contributed by atoms with Crippen LogP contribution >= 0.6 is 0 Å². The summed E-state index contributed by atoms with van der Waals surface area (Å²) >= 11 is 0. The molecule has 0 fully saturated rings. The van der Waals surface area contributed by atoms with Crippen molar-refractivity contribution in [3.05, 3.63) is 77.9 Å². The lowest BCUT2D eigenvalue weighted by Crippen LogP contribution is -2.10. The van der Waals surface area contributed by atoms with Crippen LogP contribution in [-0.2, 0) is 20.7 Å². The lowest BCUT2D eigenvalue weighted by Gasteiger charge is -2.21. The van der Waals surface area contributed by atoms with E-state index in [1.807, 2.05) is 73.7 Å². The van der Waals surface area contributed by atoms with Gasteiger partial charge in [0.25, 0.3) is 10.1 Å². The molecule has 0 bridgehead atoms. The SMILES string of the molecule is CCCc1c(C)cc(-c2ccccc2)c(S(=O)(=O)OC)c1-c1ccccc1. The van der Waals surface area contributed by atoms with Crippen molar-refractivity contribution < 1.29 is 12.6 Å². The maximum absolute atomic E-state index is 13.0. The molecule has 0 saturated heterocycles. The molecule has 4 heteroatoms. The predicted molar refractivity (Wildman–Crippen MR) is 110 cm³/mol. The van der Waals surface area contributed by atoms with Gasteiger partial charge in [0.1, 0.15) is 4.90 Å². The Bertz CT molecular complexity index is 1020. The van der Waals surface area contributed by atoms with E-state index < -0.39 is 10.1 Å². The Labute approximate surface area is 161 Å². The molecular weight excluding hydrogens is 356 g/mol. The fraction of sp³-hybridized carbons (Fsp3) is 0.217. The van der Waals surface area contributed by atoms with E-state index in [1.54, 1.807) is 0 Å². The highest BCUT2D eigenvalue weighted by molar-refractivity contribution is 7.87. The van der Waals surface area contributed by atoms with Crippen LogP contribution < -0.4 is 0 Å². The van der Waals surface area contributed by atoms with Gasteiger partial charge in [0.05, 0.1) is 7.11 Å². The average Bonchev–Trinajstić information content (AvgIpc) is 2.70. The van der Waals surface area contributed by atoms with E-state index >= 15 is 0 Å². The molecule has 0 aromatic heterocycles. The smallest absolute Gasteiger partial charge is 0.270 e. The van der Waals surface area contributed by atoms with Crippen LogP contribution in [-0.4, -0.2) is 15.5 Å². The first-order valence-electron chi connectivity index (χ1n) is 9.07. The molecular formula is C23H24O3S. The third-order valence-electron chi connectivity index (χ3n) is 4.73. The van der Waals surface area contributed by atoms with Crippen LogP contribution in [0.15, 0.2) is 71.6 Å². The molecule has 0 spiro atoms. The largest absolute Gasteiger partial charge is 0.297 e. The van der Waals surface area contributed by atoms with Gasteiger partial charge in [-0.1, -0.05) is 74.0 Å². The lowest BCUT2D eigenvalue weighted by atomic mass is 9.89. The van der Waals surface area contributed by atoms with Crippen molar-refractivity contribution in [3.63, 3.8) is 0 Å². The highest BCUT2D eigenvalue weighted by atomic mass is 32.2. The summed E-state index contributed by atoms with van der Waals surface area (Å²) in [4.78, 5) is 0.247. The number of hydrogen-bond acceptors (Lipinski definition) is 3. The van der Waals surface area contributed by atoms with Crippen molar-refractivity contribution in [2.45, 2.75) is 31.6 Å². The quantitative estimate of drug-likeness (QED) is 0.522. The summed E-state index contributed by atoms with van der Waals surface area (Å²) in [7, 11) is -2.69. The van der Waals surface area contributed by atoms with E-state index in [9.17, 15) is 8.42 Å². The van der Waals surface area contributed by atoms with Gasteiger partial charge in [0, 0.05) is 11.1 Å². The second kappa shape index (κ2) is 8.07. The molecule has 0 heterocycles. The maximum Gasteiger partial charge on any atom is 0.297 e. The summed E-state index contributed by atoms with van der Waals surface area (Å²) in [6, 6.07) is 21.3. The van der Waals surface area contributed by atoms with Gasteiger partial charge in [-0.05, 0) is 41.7 Å². The maximum atomic E-state index is 13.0. The standard InChI is InChI=1S/C23H24O3S/c1-4-11-20-17(2)16-21(18-12-7-5-8-13-18)23(27(24,25)26-3)22(20)19-14-9-6-10-15-19/h5-10,12-16H,4,11H2,1-3H3. The van der Waals surface area contributed by atoms with E-state index in [4.69, 9.17) is 4.18 Å². The molecule has 3 rings (SSSR count). The first kappa shape index (κ1) is 19.3.